The molecule has 0 fully saturated rings. The largest absolute Gasteiger partial charge is 0.0616 e. The molecule has 24 heavy (non-hydrogen) atoms. The molecule has 0 saturated heterocycles. The number of rotatable bonds is 2. The normalized spacial score (nSPS) is 11.6. The van der Waals surface area contributed by atoms with Gasteiger partial charge in [0, 0.05) is 0 Å². The molecule has 0 atom stereocenters. The topological polar surface area (TPSA) is 0 Å². The van der Waals surface area contributed by atoms with Gasteiger partial charge in [-0.2, -0.15) is 0 Å². The van der Waals surface area contributed by atoms with E-state index in [0.29, 0.717) is 0 Å². The van der Waals surface area contributed by atoms with Gasteiger partial charge in [0.1, 0.15) is 0 Å². The summed E-state index contributed by atoms with van der Waals surface area (Å²) < 4.78 is 0. The predicted molar refractivity (Wildman–Crippen MR) is 106 cm³/mol. The van der Waals surface area contributed by atoms with Gasteiger partial charge in [0.2, 0.25) is 0 Å². The smallest absolute Gasteiger partial charge is 0.0109 e. The van der Waals surface area contributed by atoms with Crippen LogP contribution in [0.4, 0.5) is 0 Å². The van der Waals surface area contributed by atoms with Crippen molar-refractivity contribution in [3.05, 3.63) is 95.1 Å². The summed E-state index contributed by atoms with van der Waals surface area (Å²) >= 11 is 0. The van der Waals surface area contributed by atoms with Gasteiger partial charge in [0.15, 0.2) is 0 Å². The lowest BCUT2D eigenvalue weighted by Crippen LogP contribution is -1.87. The van der Waals surface area contributed by atoms with E-state index >= 15 is 0 Å². The molecule has 0 aliphatic carbocycles. The first kappa shape index (κ1) is 14.7. The summed E-state index contributed by atoms with van der Waals surface area (Å²) in [5, 5.41) is 5.24. The summed E-state index contributed by atoms with van der Waals surface area (Å²) in [6, 6.07) is 26.0. The first-order valence-corrected chi connectivity index (χ1v) is 8.39. The van der Waals surface area contributed by atoms with Gasteiger partial charge < -0.3 is 0 Å². The van der Waals surface area contributed by atoms with Crippen LogP contribution < -0.4 is 0 Å². The Kier molecular flexibility index (Phi) is 3.66. The van der Waals surface area contributed by atoms with Crippen molar-refractivity contribution in [3.8, 4) is 0 Å². The molecule has 0 unspecified atom stereocenters. The molecule has 0 heteroatoms. The Morgan fingerprint density at radius 3 is 2.04 bits per heavy atom. The molecule has 0 bridgehead atoms. The van der Waals surface area contributed by atoms with Gasteiger partial charge in [0.05, 0.1) is 0 Å². The van der Waals surface area contributed by atoms with Crippen LogP contribution in [-0.2, 0) is 0 Å². The molecule has 116 valence electrons. The second kappa shape index (κ2) is 5.98. The van der Waals surface area contributed by atoms with Crippen LogP contribution in [0.1, 0.15) is 22.3 Å². The maximum atomic E-state index is 2.29. The van der Waals surface area contributed by atoms with Crippen LogP contribution in [0.3, 0.4) is 0 Å². The third-order valence-electron chi connectivity index (χ3n) is 4.87. The minimum atomic E-state index is 1.26. The van der Waals surface area contributed by atoms with Gasteiger partial charge in [-0.1, -0.05) is 84.9 Å². The first-order chi connectivity index (χ1) is 11.7. The summed E-state index contributed by atoms with van der Waals surface area (Å²) in [5.41, 5.74) is 5.25. The van der Waals surface area contributed by atoms with Crippen LogP contribution in [-0.4, -0.2) is 0 Å². The minimum absolute atomic E-state index is 1.26. The number of benzene rings is 4. The van der Waals surface area contributed by atoms with Crippen molar-refractivity contribution < 1.29 is 0 Å². The van der Waals surface area contributed by atoms with Gasteiger partial charge in [-0.15, -0.1) is 0 Å². The van der Waals surface area contributed by atoms with Crippen molar-refractivity contribution in [2.24, 2.45) is 0 Å². The quantitative estimate of drug-likeness (QED) is 0.358. The van der Waals surface area contributed by atoms with Crippen LogP contribution in [0, 0.1) is 13.8 Å². The van der Waals surface area contributed by atoms with E-state index in [1.165, 1.54) is 43.8 Å². The van der Waals surface area contributed by atoms with E-state index in [1.54, 1.807) is 0 Å². The molecule has 0 radical (unpaired) electrons. The fourth-order valence-electron chi connectivity index (χ4n) is 3.41. The second-order valence-electron chi connectivity index (χ2n) is 6.35. The lowest BCUT2D eigenvalue weighted by atomic mass is 9.95. The van der Waals surface area contributed by atoms with E-state index in [-0.39, 0.29) is 0 Å². The van der Waals surface area contributed by atoms with Crippen LogP contribution in [0.25, 0.3) is 33.7 Å². The van der Waals surface area contributed by atoms with E-state index < -0.39 is 0 Å². The van der Waals surface area contributed by atoms with Gasteiger partial charge >= 0.3 is 0 Å². The Balaban J connectivity index is 1.87. The Hall–Kier alpha value is -2.86. The van der Waals surface area contributed by atoms with E-state index in [9.17, 15) is 0 Å². The molecule has 0 aliphatic heterocycles. The Morgan fingerprint density at radius 2 is 1.21 bits per heavy atom. The SMILES string of the molecule is Cc1cc(/C=C/c2cccc3ccccc23)c2ccccc2c1C. The molecule has 0 heterocycles. The minimum Gasteiger partial charge on any atom is -0.0616 e. The average molecular weight is 308 g/mol. The number of aryl methyl sites for hydroxylation is 2. The molecule has 0 N–H and O–H groups in total. The lowest BCUT2D eigenvalue weighted by molar-refractivity contribution is 1.37. The molecule has 0 amide bonds. The number of fused-ring (bicyclic) bond motifs is 2. The van der Waals surface area contributed by atoms with Crippen LogP contribution in [0.15, 0.2) is 72.8 Å². The Morgan fingerprint density at radius 1 is 0.583 bits per heavy atom. The molecule has 0 saturated carbocycles. The van der Waals surface area contributed by atoms with Crippen molar-refractivity contribution in [2.75, 3.05) is 0 Å². The second-order valence-corrected chi connectivity index (χ2v) is 6.35. The highest BCUT2D eigenvalue weighted by Gasteiger charge is 2.04. The predicted octanol–water partition coefficient (Wildman–Crippen LogP) is 6.78. The average Bonchev–Trinajstić information content (AvgIpc) is 2.63. The fraction of sp³-hybridized carbons (Fsp3) is 0.0833. The zero-order chi connectivity index (χ0) is 16.5. The molecule has 4 aromatic rings. The number of hydrogen-bond donors (Lipinski definition) is 0. The van der Waals surface area contributed by atoms with E-state index in [2.05, 4.69) is 98.8 Å². The van der Waals surface area contributed by atoms with E-state index in [0.717, 1.165) is 0 Å². The zero-order valence-corrected chi connectivity index (χ0v) is 14.1. The van der Waals surface area contributed by atoms with Crippen molar-refractivity contribution in [1.82, 2.24) is 0 Å². The molecular formula is C24H20. The molecule has 4 rings (SSSR count). The third kappa shape index (κ3) is 2.51. The molecular weight excluding hydrogens is 288 g/mol. The highest BCUT2D eigenvalue weighted by Crippen LogP contribution is 2.28. The van der Waals surface area contributed by atoms with Crippen LogP contribution >= 0.6 is 0 Å². The monoisotopic (exact) mass is 308 g/mol. The van der Waals surface area contributed by atoms with E-state index in [1.807, 2.05) is 0 Å². The first-order valence-electron chi connectivity index (χ1n) is 8.39. The van der Waals surface area contributed by atoms with Gasteiger partial charge in [0.25, 0.3) is 0 Å². The maximum absolute atomic E-state index is 2.29. The molecule has 0 aromatic heterocycles. The van der Waals surface area contributed by atoms with Crippen LogP contribution in [0.2, 0.25) is 0 Å². The third-order valence-corrected chi connectivity index (χ3v) is 4.87. The standard InChI is InChI=1S/C24H20/c1-17-16-21(24-13-6-5-11-22(24)18(17)2)15-14-20-10-7-9-19-8-3-4-12-23(19)20/h3-16H,1-2H3/b15-14+. The highest BCUT2D eigenvalue weighted by molar-refractivity contribution is 5.98. The van der Waals surface area contributed by atoms with Gasteiger partial charge in [-0.05, 0) is 57.6 Å². The highest BCUT2D eigenvalue weighted by atomic mass is 14.1. The Labute approximate surface area is 143 Å². The zero-order valence-electron chi connectivity index (χ0n) is 14.1. The molecule has 0 aliphatic rings. The van der Waals surface area contributed by atoms with Crippen molar-refractivity contribution in [2.45, 2.75) is 13.8 Å². The summed E-state index contributed by atoms with van der Waals surface area (Å²) in [4.78, 5) is 0. The van der Waals surface area contributed by atoms with Crippen molar-refractivity contribution in [1.29, 1.82) is 0 Å². The molecule has 0 nitrogen and oxygen atoms in total. The summed E-state index contributed by atoms with van der Waals surface area (Å²) in [6.07, 6.45) is 4.48. The summed E-state index contributed by atoms with van der Waals surface area (Å²) in [7, 11) is 0. The summed E-state index contributed by atoms with van der Waals surface area (Å²) in [5.74, 6) is 0. The molecule has 4 aromatic carbocycles. The molecule has 0 spiro atoms. The van der Waals surface area contributed by atoms with E-state index in [4.69, 9.17) is 0 Å². The summed E-state index contributed by atoms with van der Waals surface area (Å²) in [6.45, 7) is 4.40. The fourth-order valence-corrected chi connectivity index (χ4v) is 3.41. The Bertz CT molecular complexity index is 1060. The van der Waals surface area contributed by atoms with Crippen molar-refractivity contribution >= 4 is 33.7 Å². The van der Waals surface area contributed by atoms with Gasteiger partial charge in [-0.3, -0.25) is 0 Å². The van der Waals surface area contributed by atoms with Crippen LogP contribution in [0.5, 0.6) is 0 Å². The van der Waals surface area contributed by atoms with Gasteiger partial charge in [-0.25, -0.2) is 0 Å². The lowest BCUT2D eigenvalue weighted by Gasteiger charge is -2.09. The maximum Gasteiger partial charge on any atom is -0.0109 e. The number of hydrogen-bond acceptors (Lipinski definition) is 0. The van der Waals surface area contributed by atoms with Crippen molar-refractivity contribution in [3.63, 3.8) is 0 Å².